The first-order valence-corrected chi connectivity index (χ1v) is 5.58. The molecule has 0 aromatic heterocycles. The molecule has 6 heteroatoms. The van der Waals surface area contributed by atoms with Gasteiger partial charge in [0.1, 0.15) is 0 Å². The highest BCUT2D eigenvalue weighted by molar-refractivity contribution is 5.80. The maximum absolute atomic E-state index is 12.0. The van der Waals surface area contributed by atoms with Gasteiger partial charge in [-0.1, -0.05) is 6.08 Å². The minimum absolute atomic E-state index is 0.0542. The fourth-order valence-electron chi connectivity index (χ4n) is 2.19. The number of hydrogen-bond donors (Lipinski definition) is 0. The average molecular weight is 247 g/mol. The van der Waals surface area contributed by atoms with Crippen LogP contribution in [0.25, 0.3) is 0 Å². The maximum atomic E-state index is 12.0. The van der Waals surface area contributed by atoms with Crippen molar-refractivity contribution in [1.82, 2.24) is 4.90 Å². The van der Waals surface area contributed by atoms with Crippen molar-refractivity contribution in [2.45, 2.75) is 25.2 Å². The Morgan fingerprint density at radius 3 is 2.82 bits per heavy atom. The molecule has 0 unspecified atom stereocenters. The fraction of sp³-hybridized carbons (Fsp3) is 0.727. The lowest BCUT2D eigenvalue weighted by atomic mass is 9.97. The number of hydrogen-bond acceptors (Lipinski definition) is 3. The Morgan fingerprint density at radius 2 is 2.24 bits per heavy atom. The zero-order chi connectivity index (χ0) is 12.4. The van der Waals surface area contributed by atoms with Crippen molar-refractivity contribution in [3.8, 4) is 0 Å². The van der Waals surface area contributed by atoms with Crippen LogP contribution in [0.15, 0.2) is 12.7 Å². The quantitative estimate of drug-likeness (QED) is 0.696. The largest absolute Gasteiger partial charge is 0.373 e. The van der Waals surface area contributed by atoms with E-state index in [2.05, 4.69) is 11.3 Å². The minimum Gasteiger partial charge on any atom is -0.373 e. The third kappa shape index (κ3) is 2.63. The van der Waals surface area contributed by atoms with Crippen LogP contribution in [0.1, 0.15) is 6.42 Å². The van der Waals surface area contributed by atoms with Gasteiger partial charge >= 0.3 is 6.61 Å². The number of nitrogens with zero attached hydrogens (tertiary/aromatic N) is 1. The van der Waals surface area contributed by atoms with Gasteiger partial charge in [-0.05, 0) is 6.42 Å². The molecule has 0 spiro atoms. The number of likely N-dealkylation sites (tertiary alicyclic amines) is 1. The van der Waals surface area contributed by atoms with Crippen LogP contribution in [0.4, 0.5) is 8.78 Å². The van der Waals surface area contributed by atoms with Gasteiger partial charge in [-0.3, -0.25) is 4.79 Å². The Labute approximate surface area is 98.2 Å². The molecule has 96 valence electrons. The first-order valence-electron chi connectivity index (χ1n) is 5.58. The molecule has 0 bridgehead atoms. The first-order chi connectivity index (χ1) is 8.11. The van der Waals surface area contributed by atoms with Gasteiger partial charge in [-0.2, -0.15) is 8.78 Å². The number of rotatable bonds is 4. The molecule has 2 aliphatic heterocycles. The molecule has 17 heavy (non-hydrogen) atoms. The van der Waals surface area contributed by atoms with E-state index in [1.807, 2.05) is 0 Å². The zero-order valence-corrected chi connectivity index (χ0v) is 9.35. The number of ether oxygens (including phenoxy) is 2. The molecule has 2 heterocycles. The standard InChI is InChI=1S/C11H15F2NO3/c1-2-9-8(3-4-16-9)10(15)14-5-7(6-14)17-11(12)13/h2,7-9,11H,1,3-6H2/t8-,9+/m1/s1. The Morgan fingerprint density at radius 1 is 1.53 bits per heavy atom. The molecule has 2 aliphatic rings. The molecule has 4 nitrogen and oxygen atoms in total. The summed E-state index contributed by atoms with van der Waals surface area (Å²) in [5, 5.41) is 0. The van der Waals surface area contributed by atoms with E-state index in [1.54, 1.807) is 6.08 Å². The summed E-state index contributed by atoms with van der Waals surface area (Å²) in [6.45, 7) is 1.86. The molecule has 1 amide bonds. The molecule has 0 radical (unpaired) electrons. The van der Waals surface area contributed by atoms with E-state index in [0.717, 1.165) is 0 Å². The van der Waals surface area contributed by atoms with Gasteiger partial charge in [0.15, 0.2) is 0 Å². The summed E-state index contributed by atoms with van der Waals surface area (Å²) in [5.41, 5.74) is 0. The predicted molar refractivity (Wildman–Crippen MR) is 55.5 cm³/mol. The van der Waals surface area contributed by atoms with Gasteiger partial charge in [0, 0.05) is 19.7 Å². The maximum Gasteiger partial charge on any atom is 0.345 e. The summed E-state index contributed by atoms with van der Waals surface area (Å²) in [4.78, 5) is 13.5. The Balaban J connectivity index is 1.80. The SMILES string of the molecule is C=C[C@@H]1OCC[C@H]1C(=O)N1CC(OC(F)F)C1. The molecular formula is C11H15F2NO3. The first kappa shape index (κ1) is 12.4. The van der Waals surface area contributed by atoms with Crippen molar-refractivity contribution in [3.63, 3.8) is 0 Å². The molecule has 0 aliphatic carbocycles. The average Bonchev–Trinajstić information content (AvgIpc) is 2.69. The van der Waals surface area contributed by atoms with E-state index in [9.17, 15) is 13.6 Å². The van der Waals surface area contributed by atoms with Crippen molar-refractivity contribution >= 4 is 5.91 Å². The van der Waals surface area contributed by atoms with E-state index in [0.29, 0.717) is 13.0 Å². The number of halogens is 2. The van der Waals surface area contributed by atoms with E-state index in [1.165, 1.54) is 4.90 Å². The van der Waals surface area contributed by atoms with Crippen molar-refractivity contribution in [2.24, 2.45) is 5.92 Å². The molecule has 2 rings (SSSR count). The molecular weight excluding hydrogens is 232 g/mol. The van der Waals surface area contributed by atoms with Crippen LogP contribution in [-0.2, 0) is 14.3 Å². The lowest BCUT2D eigenvalue weighted by Crippen LogP contribution is -2.57. The lowest BCUT2D eigenvalue weighted by molar-refractivity contribution is -0.200. The smallest absolute Gasteiger partial charge is 0.345 e. The summed E-state index contributed by atoms with van der Waals surface area (Å²) < 4.78 is 33.4. The second kappa shape index (κ2) is 5.10. The van der Waals surface area contributed by atoms with Gasteiger partial charge in [0.05, 0.1) is 18.1 Å². The Kier molecular flexibility index (Phi) is 3.73. The van der Waals surface area contributed by atoms with Crippen LogP contribution in [-0.4, -0.2) is 49.3 Å². The van der Waals surface area contributed by atoms with Gasteiger partial charge in [-0.15, -0.1) is 6.58 Å². The highest BCUT2D eigenvalue weighted by Crippen LogP contribution is 2.26. The second-order valence-electron chi connectivity index (χ2n) is 4.23. The summed E-state index contributed by atoms with van der Waals surface area (Å²) in [6, 6.07) is 0. The van der Waals surface area contributed by atoms with Crippen LogP contribution in [0.2, 0.25) is 0 Å². The molecule has 2 saturated heterocycles. The van der Waals surface area contributed by atoms with Crippen molar-refractivity contribution in [2.75, 3.05) is 19.7 Å². The highest BCUT2D eigenvalue weighted by atomic mass is 19.3. The summed E-state index contributed by atoms with van der Waals surface area (Å²) >= 11 is 0. The third-order valence-electron chi connectivity index (χ3n) is 3.14. The number of amides is 1. The zero-order valence-electron chi connectivity index (χ0n) is 9.35. The fourth-order valence-corrected chi connectivity index (χ4v) is 2.19. The van der Waals surface area contributed by atoms with E-state index < -0.39 is 12.7 Å². The molecule has 0 aromatic rings. The van der Waals surface area contributed by atoms with Gasteiger partial charge in [-0.25, -0.2) is 0 Å². The predicted octanol–water partition coefficient (Wildman–Crippen LogP) is 1.03. The topological polar surface area (TPSA) is 38.8 Å². The van der Waals surface area contributed by atoms with Gasteiger partial charge < -0.3 is 14.4 Å². The minimum atomic E-state index is -2.77. The van der Waals surface area contributed by atoms with Crippen LogP contribution in [0.5, 0.6) is 0 Å². The third-order valence-corrected chi connectivity index (χ3v) is 3.14. The second-order valence-corrected chi connectivity index (χ2v) is 4.23. The van der Waals surface area contributed by atoms with Crippen LogP contribution in [0.3, 0.4) is 0 Å². The highest BCUT2D eigenvalue weighted by Gasteiger charge is 2.40. The van der Waals surface area contributed by atoms with Gasteiger partial charge in [0.2, 0.25) is 5.91 Å². The Bertz CT molecular complexity index is 305. The number of carbonyl (C=O) groups excluding carboxylic acids is 1. The summed E-state index contributed by atoms with van der Waals surface area (Å²) in [6.07, 6.45) is 1.48. The van der Waals surface area contributed by atoms with Crippen molar-refractivity contribution in [1.29, 1.82) is 0 Å². The van der Waals surface area contributed by atoms with Crippen LogP contribution >= 0.6 is 0 Å². The van der Waals surface area contributed by atoms with Gasteiger partial charge in [0.25, 0.3) is 0 Å². The summed E-state index contributed by atoms with van der Waals surface area (Å²) in [7, 11) is 0. The van der Waals surface area contributed by atoms with Crippen molar-refractivity contribution < 1.29 is 23.0 Å². The molecule has 0 saturated carbocycles. The Hall–Kier alpha value is -1.01. The van der Waals surface area contributed by atoms with Crippen molar-refractivity contribution in [3.05, 3.63) is 12.7 Å². The van der Waals surface area contributed by atoms with E-state index in [4.69, 9.17) is 4.74 Å². The normalized spacial score (nSPS) is 29.5. The molecule has 2 fully saturated rings. The summed E-state index contributed by atoms with van der Waals surface area (Å²) in [5.74, 6) is -0.276. The van der Waals surface area contributed by atoms with E-state index >= 15 is 0 Å². The van der Waals surface area contributed by atoms with Crippen LogP contribution in [0, 0.1) is 5.92 Å². The molecule has 0 aromatic carbocycles. The van der Waals surface area contributed by atoms with Crippen LogP contribution < -0.4 is 0 Å². The number of carbonyl (C=O) groups is 1. The lowest BCUT2D eigenvalue weighted by Gasteiger charge is -2.40. The monoisotopic (exact) mass is 247 g/mol. The molecule has 0 N–H and O–H groups in total. The number of alkyl halides is 2. The molecule has 2 atom stereocenters. The van der Waals surface area contributed by atoms with E-state index in [-0.39, 0.29) is 31.0 Å².